The Bertz CT molecular complexity index is 527. The number of likely N-dealkylation sites (tertiary alicyclic amines) is 1. The van der Waals surface area contributed by atoms with Crippen LogP contribution in [0.15, 0.2) is 12.3 Å². The van der Waals surface area contributed by atoms with Gasteiger partial charge in [0.2, 0.25) is 5.95 Å². The second-order valence-electron chi connectivity index (χ2n) is 6.83. The number of likely N-dealkylation sites (N-methyl/N-ethyl adjacent to an activating group) is 1. The first-order valence-corrected chi connectivity index (χ1v) is 7.76. The second kappa shape index (κ2) is 6.50. The molecule has 0 unspecified atom stereocenters. The van der Waals surface area contributed by atoms with Crippen LogP contribution in [0, 0.1) is 6.92 Å². The van der Waals surface area contributed by atoms with Crippen LogP contribution in [-0.4, -0.2) is 52.7 Å². The van der Waals surface area contributed by atoms with E-state index >= 15 is 0 Å². The van der Waals surface area contributed by atoms with Crippen molar-refractivity contribution in [3.8, 4) is 0 Å². The highest BCUT2D eigenvalue weighted by atomic mass is 16.6. The van der Waals surface area contributed by atoms with Gasteiger partial charge in [-0.25, -0.2) is 14.8 Å². The molecular formula is C16H26N4O2. The van der Waals surface area contributed by atoms with Crippen LogP contribution >= 0.6 is 0 Å². The molecule has 22 heavy (non-hydrogen) atoms. The van der Waals surface area contributed by atoms with E-state index in [1.54, 1.807) is 11.1 Å². The average Bonchev–Trinajstić information content (AvgIpc) is 2.45. The molecule has 0 radical (unpaired) electrons. The van der Waals surface area contributed by atoms with Crippen molar-refractivity contribution >= 4 is 12.0 Å². The van der Waals surface area contributed by atoms with E-state index in [4.69, 9.17) is 4.74 Å². The zero-order valence-electron chi connectivity index (χ0n) is 14.2. The molecule has 1 aromatic rings. The molecule has 2 heterocycles. The minimum atomic E-state index is -0.463. The average molecular weight is 306 g/mol. The first kappa shape index (κ1) is 16.5. The van der Waals surface area contributed by atoms with Crippen molar-refractivity contribution in [2.24, 2.45) is 0 Å². The van der Waals surface area contributed by atoms with Crippen LogP contribution < -0.4 is 4.90 Å². The van der Waals surface area contributed by atoms with Crippen LogP contribution in [0.2, 0.25) is 0 Å². The molecule has 0 spiro atoms. The molecule has 0 saturated carbocycles. The Labute approximate surface area is 132 Å². The van der Waals surface area contributed by atoms with Crippen LogP contribution in [0.4, 0.5) is 10.7 Å². The first-order chi connectivity index (χ1) is 10.3. The summed E-state index contributed by atoms with van der Waals surface area (Å²) in [5.41, 5.74) is 0.479. The summed E-state index contributed by atoms with van der Waals surface area (Å²) in [6, 6.07) is 2.09. The van der Waals surface area contributed by atoms with Gasteiger partial charge in [0.15, 0.2) is 0 Å². The van der Waals surface area contributed by atoms with E-state index in [1.165, 1.54) is 0 Å². The molecule has 1 amide bonds. The highest BCUT2D eigenvalue weighted by Crippen LogP contribution is 2.20. The maximum absolute atomic E-state index is 12.2. The van der Waals surface area contributed by atoms with E-state index in [2.05, 4.69) is 14.9 Å². The van der Waals surface area contributed by atoms with Gasteiger partial charge in [0, 0.05) is 38.1 Å². The van der Waals surface area contributed by atoms with Crippen molar-refractivity contribution in [2.45, 2.75) is 52.2 Å². The van der Waals surface area contributed by atoms with Crippen molar-refractivity contribution in [3.05, 3.63) is 18.0 Å². The second-order valence-corrected chi connectivity index (χ2v) is 6.83. The number of ether oxygens (including phenoxy) is 1. The van der Waals surface area contributed by atoms with Crippen molar-refractivity contribution in [1.82, 2.24) is 14.9 Å². The van der Waals surface area contributed by atoms with E-state index in [-0.39, 0.29) is 12.1 Å². The van der Waals surface area contributed by atoms with Crippen molar-refractivity contribution < 1.29 is 9.53 Å². The lowest BCUT2D eigenvalue weighted by Gasteiger charge is -2.38. The Hall–Kier alpha value is -1.85. The molecule has 1 saturated heterocycles. The van der Waals surface area contributed by atoms with Gasteiger partial charge in [-0.1, -0.05) is 0 Å². The number of anilines is 1. The predicted octanol–water partition coefficient (Wildman–Crippen LogP) is 2.62. The van der Waals surface area contributed by atoms with Gasteiger partial charge < -0.3 is 14.5 Å². The van der Waals surface area contributed by atoms with E-state index < -0.39 is 5.60 Å². The maximum Gasteiger partial charge on any atom is 0.410 e. The van der Waals surface area contributed by atoms with Gasteiger partial charge in [-0.15, -0.1) is 0 Å². The van der Waals surface area contributed by atoms with Crippen LogP contribution in [0.5, 0.6) is 0 Å². The number of aromatic nitrogens is 2. The number of hydrogen-bond donors (Lipinski definition) is 0. The third-order valence-electron chi connectivity index (χ3n) is 3.69. The molecule has 6 heteroatoms. The zero-order chi connectivity index (χ0) is 16.3. The van der Waals surface area contributed by atoms with Crippen molar-refractivity contribution in [1.29, 1.82) is 0 Å². The van der Waals surface area contributed by atoms with E-state index in [0.717, 1.165) is 25.1 Å². The first-order valence-electron chi connectivity index (χ1n) is 7.76. The van der Waals surface area contributed by atoms with Crippen LogP contribution in [-0.2, 0) is 4.74 Å². The van der Waals surface area contributed by atoms with Gasteiger partial charge >= 0.3 is 6.09 Å². The third-order valence-corrected chi connectivity index (χ3v) is 3.69. The number of carbonyl (C=O) groups is 1. The Morgan fingerprint density at radius 2 is 2.18 bits per heavy atom. The summed E-state index contributed by atoms with van der Waals surface area (Å²) in [5.74, 6) is 0.705. The smallest absolute Gasteiger partial charge is 0.410 e. The Balaban J connectivity index is 2.02. The maximum atomic E-state index is 12.2. The number of amides is 1. The number of rotatable bonds is 2. The fraction of sp³-hybridized carbons (Fsp3) is 0.688. The molecule has 2 rings (SSSR count). The molecular weight excluding hydrogens is 280 g/mol. The largest absolute Gasteiger partial charge is 0.444 e. The van der Waals surface area contributed by atoms with E-state index in [1.807, 2.05) is 40.8 Å². The lowest BCUT2D eigenvalue weighted by atomic mass is 10.1. The molecule has 1 aromatic heterocycles. The van der Waals surface area contributed by atoms with Crippen molar-refractivity contribution in [3.63, 3.8) is 0 Å². The minimum Gasteiger partial charge on any atom is -0.444 e. The number of piperidine rings is 1. The molecule has 1 aliphatic heterocycles. The number of carbonyl (C=O) groups excluding carboxylic acids is 1. The quantitative estimate of drug-likeness (QED) is 0.840. The molecule has 6 nitrogen and oxygen atoms in total. The molecule has 0 bridgehead atoms. The van der Waals surface area contributed by atoms with Crippen LogP contribution in [0.25, 0.3) is 0 Å². The summed E-state index contributed by atoms with van der Waals surface area (Å²) < 4.78 is 5.47. The van der Waals surface area contributed by atoms with Gasteiger partial charge in [-0.3, -0.25) is 0 Å². The number of aryl methyl sites for hydroxylation is 1. The number of nitrogens with zero attached hydrogens (tertiary/aromatic N) is 4. The summed E-state index contributed by atoms with van der Waals surface area (Å²) in [6.07, 6.45) is 3.51. The SMILES string of the molecule is Cc1ccnc(N(C)[C@@H]2CCCN(C(=O)OC(C)(C)C)C2)n1. The summed E-state index contributed by atoms with van der Waals surface area (Å²) in [7, 11) is 1.98. The zero-order valence-corrected chi connectivity index (χ0v) is 14.2. The van der Waals surface area contributed by atoms with Gasteiger partial charge in [0.05, 0.1) is 0 Å². The monoisotopic (exact) mass is 306 g/mol. The standard InChI is InChI=1S/C16H26N4O2/c1-12-8-9-17-14(18-12)19(5)13-7-6-10-20(11-13)15(21)22-16(2,3)4/h8-9,13H,6-7,10-11H2,1-5H3/t13-/m1/s1. The van der Waals surface area contributed by atoms with Gasteiger partial charge in [0.25, 0.3) is 0 Å². The van der Waals surface area contributed by atoms with Gasteiger partial charge in [-0.2, -0.15) is 0 Å². The number of hydrogen-bond acceptors (Lipinski definition) is 5. The Kier molecular flexibility index (Phi) is 4.88. The summed E-state index contributed by atoms with van der Waals surface area (Å²) in [6.45, 7) is 9.00. The molecule has 0 aliphatic carbocycles. The molecule has 1 fully saturated rings. The molecule has 1 atom stereocenters. The van der Waals surface area contributed by atoms with Gasteiger partial charge in [-0.05, 0) is 46.6 Å². The third kappa shape index (κ3) is 4.32. The minimum absolute atomic E-state index is 0.211. The fourth-order valence-electron chi connectivity index (χ4n) is 2.53. The molecule has 0 N–H and O–H groups in total. The topological polar surface area (TPSA) is 58.6 Å². The van der Waals surface area contributed by atoms with E-state index in [0.29, 0.717) is 12.5 Å². The summed E-state index contributed by atoms with van der Waals surface area (Å²) >= 11 is 0. The van der Waals surface area contributed by atoms with E-state index in [9.17, 15) is 4.79 Å². The normalized spacial score (nSPS) is 19.0. The van der Waals surface area contributed by atoms with Crippen LogP contribution in [0.1, 0.15) is 39.3 Å². The molecule has 1 aliphatic rings. The molecule has 0 aromatic carbocycles. The predicted molar refractivity (Wildman–Crippen MR) is 86.0 cm³/mol. The summed E-state index contributed by atoms with van der Waals surface area (Å²) in [5, 5.41) is 0. The highest BCUT2D eigenvalue weighted by molar-refractivity contribution is 5.68. The lowest BCUT2D eigenvalue weighted by molar-refractivity contribution is 0.0199. The van der Waals surface area contributed by atoms with Gasteiger partial charge in [0.1, 0.15) is 5.60 Å². The Morgan fingerprint density at radius 1 is 1.45 bits per heavy atom. The fourth-order valence-corrected chi connectivity index (χ4v) is 2.53. The summed E-state index contributed by atoms with van der Waals surface area (Å²) in [4.78, 5) is 24.9. The Morgan fingerprint density at radius 3 is 2.82 bits per heavy atom. The van der Waals surface area contributed by atoms with Crippen LogP contribution in [0.3, 0.4) is 0 Å². The lowest BCUT2D eigenvalue weighted by Crippen LogP contribution is -2.50. The van der Waals surface area contributed by atoms with Crippen molar-refractivity contribution in [2.75, 3.05) is 25.0 Å². The highest BCUT2D eigenvalue weighted by Gasteiger charge is 2.30. The molecule has 122 valence electrons.